The van der Waals surface area contributed by atoms with E-state index in [1.165, 1.54) is 16.2 Å². The van der Waals surface area contributed by atoms with Gasteiger partial charge < -0.3 is 5.32 Å². The predicted molar refractivity (Wildman–Crippen MR) is 57.6 cm³/mol. The first-order chi connectivity index (χ1) is 7.09. The van der Waals surface area contributed by atoms with Gasteiger partial charge in [-0.3, -0.25) is 9.69 Å². The molecule has 80 valence electrons. The topological polar surface area (TPSA) is 49.4 Å². The highest BCUT2D eigenvalue weighted by molar-refractivity contribution is 7.10. The van der Waals surface area contributed by atoms with Gasteiger partial charge in [0, 0.05) is 11.4 Å². The molecule has 15 heavy (non-hydrogen) atoms. The molecule has 5 heteroatoms. The number of carbonyl (C=O) groups is 2. The molecule has 1 atom stereocenters. The zero-order chi connectivity index (χ0) is 11.1. The number of nitrogens with one attached hydrogen (secondary N) is 1. The molecule has 4 nitrogen and oxygen atoms in total. The highest BCUT2D eigenvalue weighted by Gasteiger charge is 2.48. The van der Waals surface area contributed by atoms with Crippen molar-refractivity contribution in [2.24, 2.45) is 0 Å². The molecule has 2 rings (SSSR count). The van der Waals surface area contributed by atoms with Crippen LogP contribution in [-0.4, -0.2) is 23.4 Å². The van der Waals surface area contributed by atoms with Crippen LogP contribution in [0.15, 0.2) is 17.5 Å². The molecule has 1 aliphatic rings. The van der Waals surface area contributed by atoms with Crippen molar-refractivity contribution in [1.82, 2.24) is 10.2 Å². The third-order valence-electron chi connectivity index (χ3n) is 2.61. The van der Waals surface area contributed by atoms with Gasteiger partial charge in [-0.2, -0.15) is 0 Å². The maximum absolute atomic E-state index is 12.0. The van der Waals surface area contributed by atoms with Gasteiger partial charge in [0.05, 0.1) is 0 Å². The second-order valence-electron chi connectivity index (χ2n) is 3.58. The highest BCUT2D eigenvalue weighted by Crippen LogP contribution is 2.31. The molecular formula is C10H12N2O2S. The highest BCUT2D eigenvalue weighted by atomic mass is 32.1. The Bertz CT molecular complexity index is 402. The number of imide groups is 1. The molecule has 2 heterocycles. The molecule has 1 aromatic heterocycles. The Hall–Kier alpha value is -1.36. The first-order valence-corrected chi connectivity index (χ1v) is 5.65. The van der Waals surface area contributed by atoms with Gasteiger partial charge in [0.15, 0.2) is 5.54 Å². The molecule has 1 saturated heterocycles. The number of likely N-dealkylation sites (N-methyl/N-ethyl adjacent to an activating group) is 1. The van der Waals surface area contributed by atoms with Crippen molar-refractivity contribution in [1.29, 1.82) is 0 Å². The third kappa shape index (κ3) is 1.34. The minimum absolute atomic E-state index is 0.169. The van der Waals surface area contributed by atoms with E-state index in [0.717, 1.165) is 4.88 Å². The summed E-state index contributed by atoms with van der Waals surface area (Å²) >= 11 is 1.48. The van der Waals surface area contributed by atoms with Crippen LogP contribution in [0, 0.1) is 0 Å². The maximum atomic E-state index is 12.0. The fourth-order valence-corrected chi connectivity index (χ4v) is 2.55. The molecule has 0 saturated carbocycles. The Balaban J connectivity index is 2.40. The van der Waals surface area contributed by atoms with E-state index in [9.17, 15) is 9.59 Å². The van der Waals surface area contributed by atoms with E-state index in [1.807, 2.05) is 17.5 Å². The van der Waals surface area contributed by atoms with Crippen LogP contribution in [0.1, 0.15) is 18.7 Å². The summed E-state index contributed by atoms with van der Waals surface area (Å²) in [6.45, 7) is 3.94. The fraction of sp³-hybridized carbons (Fsp3) is 0.400. The summed E-state index contributed by atoms with van der Waals surface area (Å²) in [7, 11) is 0. The molecule has 3 amide bonds. The lowest BCUT2D eigenvalue weighted by molar-refractivity contribution is -0.130. The summed E-state index contributed by atoms with van der Waals surface area (Å²) in [6, 6.07) is 3.43. The fourth-order valence-electron chi connectivity index (χ4n) is 1.71. The lowest BCUT2D eigenvalue weighted by Crippen LogP contribution is -2.40. The summed E-state index contributed by atoms with van der Waals surface area (Å²) in [5.74, 6) is -0.169. The van der Waals surface area contributed by atoms with Crippen LogP contribution < -0.4 is 5.32 Å². The number of hydrogen-bond donors (Lipinski definition) is 1. The number of thiophene rings is 1. The number of urea groups is 1. The van der Waals surface area contributed by atoms with E-state index in [1.54, 1.807) is 13.8 Å². The van der Waals surface area contributed by atoms with Gasteiger partial charge in [0.2, 0.25) is 0 Å². The van der Waals surface area contributed by atoms with Crippen molar-refractivity contribution in [2.75, 3.05) is 6.54 Å². The number of amides is 3. The van der Waals surface area contributed by atoms with Crippen molar-refractivity contribution in [2.45, 2.75) is 19.4 Å². The molecule has 0 bridgehead atoms. The number of nitrogens with zero attached hydrogens (tertiary/aromatic N) is 1. The Morgan fingerprint density at radius 2 is 2.27 bits per heavy atom. The van der Waals surface area contributed by atoms with E-state index in [0.29, 0.717) is 6.54 Å². The smallest absolute Gasteiger partial charge is 0.319 e. The van der Waals surface area contributed by atoms with Gasteiger partial charge >= 0.3 is 6.03 Å². The predicted octanol–water partition coefficient (Wildman–Crippen LogP) is 1.53. The first kappa shape index (κ1) is 10.2. The van der Waals surface area contributed by atoms with Crippen molar-refractivity contribution in [3.05, 3.63) is 22.4 Å². The van der Waals surface area contributed by atoms with Crippen molar-refractivity contribution >= 4 is 23.3 Å². The number of carbonyl (C=O) groups excluding carboxylic acids is 2. The molecular weight excluding hydrogens is 212 g/mol. The largest absolute Gasteiger partial charge is 0.325 e. The Labute approximate surface area is 91.9 Å². The van der Waals surface area contributed by atoms with Gasteiger partial charge in [-0.05, 0) is 25.3 Å². The summed E-state index contributed by atoms with van der Waals surface area (Å²) in [5, 5.41) is 4.63. The Morgan fingerprint density at radius 3 is 2.73 bits per heavy atom. The van der Waals surface area contributed by atoms with Gasteiger partial charge in [0.1, 0.15) is 0 Å². The van der Waals surface area contributed by atoms with Gasteiger partial charge in [-0.25, -0.2) is 4.79 Å². The standard InChI is InChI=1S/C10H12N2O2S/c1-3-12-8(13)10(2,11-9(12)14)7-5-4-6-15-7/h4-6H,3H2,1-2H3,(H,11,14)/t10-/m1/s1. The number of hydrogen-bond acceptors (Lipinski definition) is 3. The summed E-state index contributed by atoms with van der Waals surface area (Å²) in [4.78, 5) is 25.6. The van der Waals surface area contributed by atoms with E-state index in [-0.39, 0.29) is 11.9 Å². The van der Waals surface area contributed by atoms with E-state index in [4.69, 9.17) is 0 Å². The molecule has 1 aliphatic heterocycles. The molecule has 1 fully saturated rings. The molecule has 0 aromatic carbocycles. The minimum atomic E-state index is -0.874. The van der Waals surface area contributed by atoms with Crippen LogP contribution in [-0.2, 0) is 10.3 Å². The molecule has 1 aromatic rings. The molecule has 0 radical (unpaired) electrons. The maximum Gasteiger partial charge on any atom is 0.325 e. The van der Waals surface area contributed by atoms with Crippen LogP contribution in [0.5, 0.6) is 0 Å². The zero-order valence-corrected chi connectivity index (χ0v) is 9.43. The van der Waals surface area contributed by atoms with Crippen molar-refractivity contribution < 1.29 is 9.59 Å². The normalized spacial score (nSPS) is 25.9. The average Bonchev–Trinajstić information content (AvgIpc) is 2.76. The zero-order valence-electron chi connectivity index (χ0n) is 8.61. The van der Waals surface area contributed by atoms with Crippen molar-refractivity contribution in [3.63, 3.8) is 0 Å². The van der Waals surface area contributed by atoms with Crippen molar-refractivity contribution in [3.8, 4) is 0 Å². The molecule has 0 aliphatic carbocycles. The Morgan fingerprint density at radius 1 is 1.53 bits per heavy atom. The first-order valence-electron chi connectivity index (χ1n) is 4.77. The van der Waals surface area contributed by atoms with Crippen LogP contribution in [0.3, 0.4) is 0 Å². The SMILES string of the molecule is CCN1C(=O)N[C@](C)(c2cccs2)C1=O. The van der Waals surface area contributed by atoms with Crippen LogP contribution in [0.4, 0.5) is 4.79 Å². The number of rotatable bonds is 2. The minimum Gasteiger partial charge on any atom is -0.319 e. The van der Waals surface area contributed by atoms with E-state index >= 15 is 0 Å². The van der Waals surface area contributed by atoms with E-state index in [2.05, 4.69) is 5.32 Å². The summed E-state index contributed by atoms with van der Waals surface area (Å²) in [6.07, 6.45) is 0. The third-order valence-corrected chi connectivity index (χ3v) is 3.70. The summed E-state index contributed by atoms with van der Waals surface area (Å²) < 4.78 is 0. The molecule has 0 spiro atoms. The van der Waals surface area contributed by atoms with Gasteiger partial charge in [-0.1, -0.05) is 6.07 Å². The Kier molecular flexibility index (Phi) is 2.26. The van der Waals surface area contributed by atoms with Crippen LogP contribution in [0.25, 0.3) is 0 Å². The lowest BCUT2D eigenvalue weighted by Gasteiger charge is -2.19. The van der Waals surface area contributed by atoms with Crippen LogP contribution >= 0.6 is 11.3 Å². The summed E-state index contributed by atoms with van der Waals surface area (Å²) in [5.41, 5.74) is -0.874. The second kappa shape index (κ2) is 3.34. The molecule has 0 unspecified atom stereocenters. The van der Waals surface area contributed by atoms with Gasteiger partial charge in [0.25, 0.3) is 5.91 Å². The lowest BCUT2D eigenvalue weighted by atomic mass is 10.0. The average molecular weight is 224 g/mol. The monoisotopic (exact) mass is 224 g/mol. The quantitative estimate of drug-likeness (QED) is 0.774. The molecule has 1 N–H and O–H groups in total. The second-order valence-corrected chi connectivity index (χ2v) is 4.53. The van der Waals surface area contributed by atoms with E-state index < -0.39 is 5.54 Å². The van der Waals surface area contributed by atoms with Gasteiger partial charge in [-0.15, -0.1) is 11.3 Å². The van der Waals surface area contributed by atoms with Crippen LogP contribution in [0.2, 0.25) is 0 Å².